The summed E-state index contributed by atoms with van der Waals surface area (Å²) in [5, 5.41) is -0.368. The van der Waals surface area contributed by atoms with Gasteiger partial charge in [-0.25, -0.2) is 4.98 Å². The summed E-state index contributed by atoms with van der Waals surface area (Å²) in [6.07, 6.45) is -9.21. The topological polar surface area (TPSA) is 44.1 Å². The third-order valence-electron chi connectivity index (χ3n) is 2.57. The van der Waals surface area contributed by atoms with Crippen LogP contribution in [0.1, 0.15) is 5.69 Å². The molecule has 24 heavy (non-hydrogen) atoms. The predicted molar refractivity (Wildman–Crippen MR) is 74.2 cm³/mol. The van der Waals surface area contributed by atoms with Crippen molar-refractivity contribution in [2.24, 2.45) is 0 Å². The molecule has 0 amide bonds. The molecule has 0 saturated heterocycles. The van der Waals surface area contributed by atoms with Crippen LogP contribution in [0.15, 0.2) is 33.8 Å². The maximum Gasteiger partial charge on any atom is 0.573 e. The molecule has 4 nitrogen and oxygen atoms in total. The average Bonchev–Trinajstić information content (AvgIpc) is 2.36. The highest BCUT2D eigenvalue weighted by atomic mass is 79.9. The minimum atomic E-state index is -4.96. The summed E-state index contributed by atoms with van der Waals surface area (Å²) in [6, 6.07) is 1.86. The van der Waals surface area contributed by atoms with Crippen molar-refractivity contribution < 1.29 is 31.1 Å². The van der Waals surface area contributed by atoms with Crippen molar-refractivity contribution in [3.8, 4) is 11.4 Å². The molecule has 0 spiro atoms. The average molecular weight is 438 g/mol. The lowest BCUT2D eigenvalue weighted by atomic mass is 10.3. The molecule has 0 N–H and O–H groups in total. The van der Waals surface area contributed by atoms with Gasteiger partial charge in [-0.05, 0) is 22.0 Å². The zero-order valence-electron chi connectivity index (χ0n) is 11.0. The summed E-state index contributed by atoms with van der Waals surface area (Å²) in [7, 11) is 0. The normalized spacial score (nSPS) is 12.3. The van der Waals surface area contributed by atoms with Crippen molar-refractivity contribution in [1.82, 2.24) is 9.55 Å². The maximum absolute atomic E-state index is 12.5. The Morgan fingerprint density at radius 1 is 1.12 bits per heavy atom. The maximum atomic E-state index is 12.5. The van der Waals surface area contributed by atoms with E-state index < -0.39 is 29.5 Å². The van der Waals surface area contributed by atoms with E-state index in [0.29, 0.717) is 10.9 Å². The fraction of sp³-hybridized carbons (Fsp3) is 0.167. The van der Waals surface area contributed by atoms with Crippen LogP contribution in [-0.2, 0) is 6.18 Å². The predicted octanol–water partition coefficient (Wildman–Crippen LogP) is 4.57. The smallest absolute Gasteiger partial charge is 0.406 e. The molecule has 0 aliphatic heterocycles. The monoisotopic (exact) mass is 436 g/mol. The summed E-state index contributed by atoms with van der Waals surface area (Å²) in [5.74, 6) is -0.670. The van der Waals surface area contributed by atoms with E-state index in [1.807, 2.05) is 0 Å². The summed E-state index contributed by atoms with van der Waals surface area (Å²) >= 11 is 8.71. The first kappa shape index (κ1) is 18.6. The number of hydrogen-bond donors (Lipinski definition) is 0. The zero-order chi connectivity index (χ0) is 18.3. The molecule has 0 bridgehead atoms. The molecule has 0 atom stereocenters. The Labute approximate surface area is 142 Å². The molecular formula is C12H4BrClF6N2O2. The van der Waals surface area contributed by atoms with E-state index in [1.165, 1.54) is 0 Å². The van der Waals surface area contributed by atoms with Gasteiger partial charge in [0.15, 0.2) is 5.69 Å². The van der Waals surface area contributed by atoms with Crippen LogP contribution < -0.4 is 10.3 Å². The molecule has 2 aromatic rings. The minimum Gasteiger partial charge on any atom is -0.406 e. The highest BCUT2D eigenvalue weighted by Crippen LogP contribution is 2.35. The second kappa shape index (κ2) is 6.28. The third-order valence-corrected chi connectivity index (χ3v) is 3.46. The fourth-order valence-corrected chi connectivity index (χ4v) is 2.73. The quantitative estimate of drug-likeness (QED) is 0.647. The lowest BCUT2D eigenvalue weighted by molar-refractivity contribution is -0.274. The Morgan fingerprint density at radius 2 is 1.75 bits per heavy atom. The highest BCUT2D eigenvalue weighted by Gasteiger charge is 2.34. The molecule has 130 valence electrons. The number of aromatic nitrogens is 2. The van der Waals surface area contributed by atoms with Gasteiger partial charge in [0.25, 0.3) is 5.56 Å². The number of benzene rings is 1. The highest BCUT2D eigenvalue weighted by molar-refractivity contribution is 9.10. The number of alkyl halides is 6. The molecule has 1 aromatic carbocycles. The lowest BCUT2D eigenvalue weighted by Gasteiger charge is -2.14. The Hall–Kier alpha value is -1.75. The van der Waals surface area contributed by atoms with Crippen LogP contribution in [0.3, 0.4) is 0 Å². The summed E-state index contributed by atoms with van der Waals surface area (Å²) in [6.45, 7) is 0. The molecule has 0 radical (unpaired) electrons. The van der Waals surface area contributed by atoms with Crippen molar-refractivity contribution in [2.45, 2.75) is 12.5 Å². The zero-order valence-corrected chi connectivity index (χ0v) is 13.4. The fourth-order valence-electron chi connectivity index (χ4n) is 1.69. The lowest BCUT2D eigenvalue weighted by Crippen LogP contribution is -2.23. The summed E-state index contributed by atoms with van der Waals surface area (Å²) in [4.78, 5) is 14.9. The molecule has 0 unspecified atom stereocenters. The van der Waals surface area contributed by atoms with Gasteiger partial charge < -0.3 is 4.74 Å². The van der Waals surface area contributed by atoms with Crippen molar-refractivity contribution in [3.05, 3.63) is 50.1 Å². The van der Waals surface area contributed by atoms with Crippen molar-refractivity contribution in [1.29, 1.82) is 0 Å². The van der Waals surface area contributed by atoms with Crippen LogP contribution in [0, 0.1) is 0 Å². The van der Waals surface area contributed by atoms with Gasteiger partial charge in [0, 0.05) is 16.6 Å². The number of rotatable bonds is 2. The Morgan fingerprint density at radius 3 is 2.21 bits per heavy atom. The van der Waals surface area contributed by atoms with E-state index in [2.05, 4.69) is 25.7 Å². The van der Waals surface area contributed by atoms with Gasteiger partial charge in [0.2, 0.25) is 0 Å². The molecule has 12 heteroatoms. The third kappa shape index (κ3) is 4.20. The van der Waals surface area contributed by atoms with E-state index in [0.717, 1.165) is 12.1 Å². The Kier molecular flexibility index (Phi) is 4.86. The first-order valence-corrected chi connectivity index (χ1v) is 6.96. The molecule has 0 aliphatic rings. The van der Waals surface area contributed by atoms with E-state index in [-0.39, 0.29) is 21.2 Å². The van der Waals surface area contributed by atoms with Crippen LogP contribution in [0.4, 0.5) is 26.3 Å². The van der Waals surface area contributed by atoms with Gasteiger partial charge in [-0.15, -0.1) is 13.2 Å². The number of ether oxygens (including phenoxy) is 1. The van der Waals surface area contributed by atoms with Crippen molar-refractivity contribution >= 4 is 27.5 Å². The van der Waals surface area contributed by atoms with Gasteiger partial charge in [0.1, 0.15) is 12.1 Å². The van der Waals surface area contributed by atoms with Gasteiger partial charge >= 0.3 is 12.5 Å². The summed E-state index contributed by atoms with van der Waals surface area (Å²) in [5.41, 5.74) is -2.71. The van der Waals surface area contributed by atoms with Crippen LogP contribution in [0.2, 0.25) is 5.02 Å². The second-order valence-corrected chi connectivity index (χ2v) is 5.53. The van der Waals surface area contributed by atoms with E-state index in [4.69, 9.17) is 11.6 Å². The molecule has 2 rings (SSSR count). The minimum absolute atomic E-state index is 0.113. The van der Waals surface area contributed by atoms with Gasteiger partial charge in [0.05, 0.1) is 10.7 Å². The van der Waals surface area contributed by atoms with E-state index in [9.17, 15) is 31.1 Å². The second-order valence-electron chi connectivity index (χ2n) is 4.26. The molecule has 0 aliphatic carbocycles. The Balaban J connectivity index is 2.52. The largest absolute Gasteiger partial charge is 0.573 e. The molecule has 1 heterocycles. The number of halogens is 8. The first-order chi connectivity index (χ1) is 10.9. The number of hydrogen-bond acceptors (Lipinski definition) is 3. The number of nitrogens with zero attached hydrogens (tertiary/aromatic N) is 2. The van der Waals surface area contributed by atoms with Crippen molar-refractivity contribution in [2.75, 3.05) is 0 Å². The van der Waals surface area contributed by atoms with Crippen LogP contribution in [-0.4, -0.2) is 15.9 Å². The standard InChI is InChI=1S/C12H4BrClF6N2O2/c13-6-1-5(24-12(18,19)20)2-7(14)10(6)22-4-21-8(3-9(22)23)11(15,16)17/h1-4H. The first-order valence-electron chi connectivity index (χ1n) is 5.79. The van der Waals surface area contributed by atoms with Gasteiger partial charge in [-0.1, -0.05) is 11.6 Å². The van der Waals surface area contributed by atoms with Crippen LogP contribution in [0.5, 0.6) is 5.75 Å². The van der Waals surface area contributed by atoms with Crippen LogP contribution in [0.25, 0.3) is 5.69 Å². The molecule has 0 saturated carbocycles. The summed E-state index contributed by atoms with van der Waals surface area (Å²) < 4.78 is 78.3. The molecular weight excluding hydrogens is 433 g/mol. The van der Waals surface area contributed by atoms with Crippen molar-refractivity contribution in [3.63, 3.8) is 0 Å². The van der Waals surface area contributed by atoms with Crippen LogP contribution >= 0.6 is 27.5 Å². The van der Waals surface area contributed by atoms with E-state index >= 15 is 0 Å². The molecule has 0 fully saturated rings. The molecule has 1 aromatic heterocycles. The van der Waals surface area contributed by atoms with Gasteiger partial charge in [-0.2, -0.15) is 13.2 Å². The van der Waals surface area contributed by atoms with Gasteiger partial charge in [-0.3, -0.25) is 9.36 Å². The van der Waals surface area contributed by atoms with E-state index in [1.54, 1.807) is 0 Å². The Bertz CT molecular complexity index is 811. The SMILES string of the molecule is O=c1cc(C(F)(F)F)ncn1-c1c(Cl)cc(OC(F)(F)F)cc1Br.